The van der Waals surface area contributed by atoms with Crippen LogP contribution in [0.1, 0.15) is 0 Å². The van der Waals surface area contributed by atoms with Crippen molar-refractivity contribution in [3.8, 4) is 84.6 Å². The average Bonchev–Trinajstić information content (AvgIpc) is 3.89. The Morgan fingerprint density at radius 1 is 0.333 bits per heavy atom. The molecule has 8 aromatic rings. The first-order chi connectivity index (χ1) is 22.2. The molecule has 9 heteroatoms. The first-order valence-corrected chi connectivity index (χ1v) is 17.8. The van der Waals surface area contributed by atoms with Crippen molar-refractivity contribution in [1.29, 1.82) is 0 Å². The number of benzene rings is 4. The van der Waals surface area contributed by atoms with Crippen molar-refractivity contribution in [2.24, 2.45) is 0 Å². The van der Waals surface area contributed by atoms with Gasteiger partial charge in [0.25, 0.3) is 0 Å². The number of nitrogens with zero attached hydrogens (tertiary/aromatic N) is 4. The van der Waals surface area contributed by atoms with Gasteiger partial charge in [-0.15, -0.1) is 45.3 Å². The van der Waals surface area contributed by atoms with E-state index in [2.05, 4.69) is 72.8 Å². The minimum absolute atomic E-state index is 0.699. The molecule has 0 N–H and O–H groups in total. The summed E-state index contributed by atoms with van der Waals surface area (Å²) >= 11 is 13.0. The standard InChI is InChI=1S/C36H19ClN4S4/c37-24-18-16-23(17-19-24)36-41-28-31-26(39-34(44-31)21-12-6-2-7-13-21)29-25(38-33(42-29)20-10-4-1-5-11-20)30-27(32(28)45-36)40-35(43-30)22-14-8-3-9-15-22/h1-19H. The lowest BCUT2D eigenvalue weighted by molar-refractivity contribution is 1.34. The van der Waals surface area contributed by atoms with Crippen molar-refractivity contribution in [2.45, 2.75) is 0 Å². The molecule has 4 aromatic carbocycles. The van der Waals surface area contributed by atoms with Gasteiger partial charge in [0, 0.05) is 27.3 Å². The van der Waals surface area contributed by atoms with E-state index in [1.807, 2.05) is 42.5 Å². The number of halogens is 1. The normalized spacial score (nSPS) is 11.7. The van der Waals surface area contributed by atoms with Crippen molar-refractivity contribution < 1.29 is 0 Å². The third-order valence-electron chi connectivity index (χ3n) is 7.52. The van der Waals surface area contributed by atoms with Gasteiger partial charge in [0.2, 0.25) is 0 Å². The van der Waals surface area contributed by atoms with Crippen LogP contribution >= 0.6 is 56.9 Å². The van der Waals surface area contributed by atoms with Crippen LogP contribution in [0.4, 0.5) is 0 Å². The molecule has 0 radical (unpaired) electrons. The van der Waals surface area contributed by atoms with Crippen LogP contribution in [-0.2, 0) is 0 Å². The molecule has 1 aliphatic carbocycles. The Morgan fingerprint density at radius 2 is 0.600 bits per heavy atom. The largest absolute Gasteiger partial charge is 0.234 e. The highest BCUT2D eigenvalue weighted by molar-refractivity contribution is 7.24. The van der Waals surface area contributed by atoms with Crippen LogP contribution < -0.4 is 0 Å². The number of thiazole rings is 4. The van der Waals surface area contributed by atoms with Gasteiger partial charge in [0.1, 0.15) is 42.8 Å². The fourth-order valence-electron chi connectivity index (χ4n) is 5.37. The molecule has 214 valence electrons. The van der Waals surface area contributed by atoms with E-state index < -0.39 is 0 Å². The van der Waals surface area contributed by atoms with Crippen LogP contribution in [-0.4, -0.2) is 19.9 Å². The molecule has 4 nitrogen and oxygen atoms in total. The van der Waals surface area contributed by atoms with Crippen LogP contribution in [0, 0.1) is 0 Å². The molecule has 9 rings (SSSR count). The van der Waals surface area contributed by atoms with E-state index >= 15 is 0 Å². The number of aromatic nitrogens is 4. The van der Waals surface area contributed by atoms with Crippen LogP contribution in [0.2, 0.25) is 5.02 Å². The monoisotopic (exact) mass is 670 g/mol. The number of rotatable bonds is 4. The van der Waals surface area contributed by atoms with Crippen LogP contribution in [0.3, 0.4) is 0 Å². The van der Waals surface area contributed by atoms with E-state index in [1.165, 1.54) is 0 Å². The van der Waals surface area contributed by atoms with Crippen molar-refractivity contribution in [1.82, 2.24) is 19.9 Å². The molecule has 0 amide bonds. The molecule has 0 saturated carbocycles. The van der Waals surface area contributed by atoms with E-state index in [1.54, 1.807) is 45.3 Å². The number of hydrogen-bond donors (Lipinski definition) is 0. The summed E-state index contributed by atoms with van der Waals surface area (Å²) in [4.78, 5) is 25.4. The molecule has 0 bridgehead atoms. The second kappa shape index (κ2) is 10.9. The molecular weight excluding hydrogens is 652 g/mol. The highest BCUT2D eigenvalue weighted by Crippen LogP contribution is 2.56. The fraction of sp³-hybridized carbons (Fsp3) is 0. The zero-order chi connectivity index (χ0) is 29.9. The lowest BCUT2D eigenvalue weighted by Gasteiger charge is -2.07. The predicted molar refractivity (Wildman–Crippen MR) is 191 cm³/mol. The van der Waals surface area contributed by atoms with Crippen molar-refractivity contribution >= 4 is 56.9 Å². The Hall–Kier alpha value is -4.31. The molecular formula is C36H19ClN4S4. The van der Waals surface area contributed by atoms with Crippen molar-refractivity contribution in [2.75, 3.05) is 0 Å². The molecule has 0 saturated heterocycles. The van der Waals surface area contributed by atoms with Crippen molar-refractivity contribution in [3.63, 3.8) is 0 Å². The lowest BCUT2D eigenvalue weighted by atomic mass is 10.1. The smallest absolute Gasteiger partial charge is 0.124 e. The van der Waals surface area contributed by atoms with Gasteiger partial charge in [0.05, 0.1) is 19.5 Å². The maximum Gasteiger partial charge on any atom is 0.124 e. The van der Waals surface area contributed by atoms with E-state index in [9.17, 15) is 0 Å². The molecule has 0 spiro atoms. The zero-order valence-electron chi connectivity index (χ0n) is 23.3. The Balaban J connectivity index is 1.36. The highest BCUT2D eigenvalue weighted by Gasteiger charge is 2.34. The molecule has 45 heavy (non-hydrogen) atoms. The van der Waals surface area contributed by atoms with Crippen LogP contribution in [0.25, 0.3) is 84.6 Å². The minimum Gasteiger partial charge on any atom is -0.234 e. The van der Waals surface area contributed by atoms with Gasteiger partial charge in [-0.2, -0.15) is 0 Å². The molecule has 0 fully saturated rings. The van der Waals surface area contributed by atoms with E-state index in [-0.39, 0.29) is 0 Å². The van der Waals surface area contributed by atoms with Crippen molar-refractivity contribution in [3.05, 3.63) is 120 Å². The second-order valence-electron chi connectivity index (χ2n) is 10.4. The van der Waals surface area contributed by atoms with Gasteiger partial charge in [-0.25, -0.2) is 19.9 Å². The van der Waals surface area contributed by atoms with Gasteiger partial charge in [0.15, 0.2) is 0 Å². The molecule has 0 atom stereocenters. The third-order valence-corrected chi connectivity index (χ3v) is 12.2. The first kappa shape index (κ1) is 27.0. The molecule has 4 heterocycles. The summed E-state index contributed by atoms with van der Waals surface area (Å²) in [6, 6.07) is 39.0. The summed E-state index contributed by atoms with van der Waals surface area (Å²) in [6.07, 6.45) is 0. The SMILES string of the molecule is Clc1ccc(-c2nc3c(s2)-c2nc(-c4ccccc4)sc2-c2nc(-c4ccccc4)sc2-c2nc(-c4ccccc4)sc2-3)cc1. The summed E-state index contributed by atoms with van der Waals surface area (Å²) < 4.78 is 0. The van der Waals surface area contributed by atoms with Crippen LogP contribution in [0.15, 0.2) is 115 Å². The van der Waals surface area contributed by atoms with Crippen LogP contribution in [0.5, 0.6) is 0 Å². The van der Waals surface area contributed by atoms with Gasteiger partial charge in [-0.1, -0.05) is 115 Å². The number of hydrogen-bond acceptors (Lipinski definition) is 8. The second-order valence-corrected chi connectivity index (χ2v) is 14.8. The predicted octanol–water partition coefficient (Wildman–Crippen LogP) is 11.8. The van der Waals surface area contributed by atoms with E-state index in [0.717, 1.165) is 84.6 Å². The Labute approximate surface area is 280 Å². The van der Waals surface area contributed by atoms with Gasteiger partial charge < -0.3 is 0 Å². The maximum absolute atomic E-state index is 6.26. The average molecular weight is 671 g/mol. The molecule has 4 aromatic heterocycles. The number of fused-ring (bicyclic) bond motifs is 8. The lowest BCUT2D eigenvalue weighted by Crippen LogP contribution is -1.91. The summed E-state index contributed by atoms with van der Waals surface area (Å²) in [5, 5.41) is 4.49. The van der Waals surface area contributed by atoms with E-state index in [4.69, 9.17) is 31.5 Å². The minimum atomic E-state index is 0.699. The quantitative estimate of drug-likeness (QED) is 0.187. The van der Waals surface area contributed by atoms with E-state index in [0.29, 0.717) is 5.02 Å². The maximum atomic E-state index is 6.26. The fourth-order valence-corrected chi connectivity index (χ4v) is 10.0. The zero-order valence-corrected chi connectivity index (χ0v) is 27.3. The summed E-state index contributed by atoms with van der Waals surface area (Å²) in [5.41, 5.74) is 7.93. The third kappa shape index (κ3) is 4.69. The topological polar surface area (TPSA) is 51.6 Å². The Morgan fingerprint density at radius 3 is 0.889 bits per heavy atom. The summed E-state index contributed by atoms with van der Waals surface area (Å²) in [6.45, 7) is 0. The first-order valence-electron chi connectivity index (χ1n) is 14.2. The summed E-state index contributed by atoms with van der Waals surface area (Å²) in [5.74, 6) is 0. The highest BCUT2D eigenvalue weighted by atomic mass is 35.5. The Bertz CT molecular complexity index is 2200. The molecule has 1 aliphatic rings. The van der Waals surface area contributed by atoms with Gasteiger partial charge >= 0.3 is 0 Å². The molecule has 0 aliphatic heterocycles. The summed E-state index contributed by atoms with van der Waals surface area (Å²) in [7, 11) is 0. The molecule has 0 unspecified atom stereocenters. The Kier molecular flexibility index (Phi) is 6.57. The van der Waals surface area contributed by atoms with Gasteiger partial charge in [-0.05, 0) is 12.1 Å². The van der Waals surface area contributed by atoms with Gasteiger partial charge in [-0.3, -0.25) is 0 Å².